The van der Waals surface area contributed by atoms with E-state index in [9.17, 15) is 10.1 Å². The molecule has 5 heteroatoms. The van der Waals surface area contributed by atoms with Crippen LogP contribution in [0.2, 0.25) is 0 Å². The van der Waals surface area contributed by atoms with E-state index in [1.165, 1.54) is 18.6 Å². The smallest absolute Gasteiger partial charge is 0.269 e. The summed E-state index contributed by atoms with van der Waals surface area (Å²) in [6, 6.07) is 6.82. The van der Waals surface area contributed by atoms with Gasteiger partial charge in [-0.3, -0.25) is 10.1 Å². The third kappa shape index (κ3) is 3.99. The van der Waals surface area contributed by atoms with Gasteiger partial charge in [0.2, 0.25) is 0 Å². The van der Waals surface area contributed by atoms with E-state index in [1.54, 1.807) is 12.1 Å². The highest BCUT2D eigenvalue weighted by Gasteiger charge is 2.14. The van der Waals surface area contributed by atoms with Gasteiger partial charge in [0, 0.05) is 23.9 Å². The van der Waals surface area contributed by atoms with Crippen molar-refractivity contribution >= 4 is 17.4 Å². The first kappa shape index (κ1) is 13.4. The number of hydrogen-bond acceptors (Lipinski definition) is 4. The lowest BCUT2D eigenvalue weighted by atomic mass is 10.1. The summed E-state index contributed by atoms with van der Waals surface area (Å²) >= 11 is 2.06. The molecule has 1 aliphatic heterocycles. The Morgan fingerprint density at radius 3 is 2.78 bits per heavy atom. The maximum atomic E-state index is 10.5. The summed E-state index contributed by atoms with van der Waals surface area (Å²) < 4.78 is 0. The molecule has 4 nitrogen and oxygen atoms in total. The van der Waals surface area contributed by atoms with E-state index >= 15 is 0 Å². The van der Waals surface area contributed by atoms with Gasteiger partial charge >= 0.3 is 0 Å². The number of nitrogens with zero attached hydrogens (tertiary/aromatic N) is 1. The standard InChI is InChI=1S/C13H18N2O2S/c16-15(17)12-5-3-11(4-6-12)7-8-14-10-13-2-1-9-18-13/h3-6,13-14H,1-2,7-10H2. The number of nitrogens with one attached hydrogen (secondary N) is 1. The van der Waals surface area contributed by atoms with E-state index < -0.39 is 0 Å². The number of rotatable bonds is 6. The minimum Gasteiger partial charge on any atom is -0.315 e. The maximum Gasteiger partial charge on any atom is 0.269 e. The summed E-state index contributed by atoms with van der Waals surface area (Å²) in [4.78, 5) is 10.1. The van der Waals surface area contributed by atoms with Gasteiger partial charge in [-0.2, -0.15) is 11.8 Å². The third-order valence-corrected chi connectivity index (χ3v) is 4.53. The summed E-state index contributed by atoms with van der Waals surface area (Å²) in [5, 5.41) is 14.7. The quantitative estimate of drug-likeness (QED) is 0.488. The van der Waals surface area contributed by atoms with Crippen LogP contribution in [0.15, 0.2) is 24.3 Å². The minimum absolute atomic E-state index is 0.161. The van der Waals surface area contributed by atoms with Gasteiger partial charge in [0.15, 0.2) is 0 Å². The molecular weight excluding hydrogens is 248 g/mol. The largest absolute Gasteiger partial charge is 0.315 e. The normalized spacial score (nSPS) is 19.0. The minimum atomic E-state index is -0.362. The molecule has 0 amide bonds. The lowest BCUT2D eigenvalue weighted by Gasteiger charge is -2.09. The van der Waals surface area contributed by atoms with Crippen molar-refractivity contribution in [2.45, 2.75) is 24.5 Å². The van der Waals surface area contributed by atoms with Crippen molar-refractivity contribution in [3.05, 3.63) is 39.9 Å². The van der Waals surface area contributed by atoms with Gasteiger partial charge in [-0.05, 0) is 37.1 Å². The molecule has 1 aromatic rings. The molecule has 1 aromatic carbocycles. The first-order valence-corrected chi connectivity index (χ1v) is 7.36. The Morgan fingerprint density at radius 2 is 2.17 bits per heavy atom. The monoisotopic (exact) mass is 266 g/mol. The van der Waals surface area contributed by atoms with Crippen molar-refractivity contribution in [1.82, 2.24) is 5.32 Å². The van der Waals surface area contributed by atoms with E-state index in [2.05, 4.69) is 17.1 Å². The second-order valence-corrected chi connectivity index (χ2v) is 5.92. The molecule has 1 aliphatic rings. The fraction of sp³-hybridized carbons (Fsp3) is 0.538. The lowest BCUT2D eigenvalue weighted by Crippen LogP contribution is -2.25. The van der Waals surface area contributed by atoms with E-state index in [0.29, 0.717) is 0 Å². The highest BCUT2D eigenvalue weighted by molar-refractivity contribution is 8.00. The van der Waals surface area contributed by atoms with Crippen LogP contribution in [0.1, 0.15) is 18.4 Å². The molecule has 1 N–H and O–H groups in total. The van der Waals surface area contributed by atoms with Gasteiger partial charge in [-0.25, -0.2) is 0 Å². The Balaban J connectivity index is 1.68. The number of non-ortho nitro benzene ring substituents is 1. The van der Waals surface area contributed by atoms with Crippen molar-refractivity contribution in [2.24, 2.45) is 0 Å². The Labute approximate surface area is 111 Å². The maximum absolute atomic E-state index is 10.5. The molecule has 0 aliphatic carbocycles. The number of thioether (sulfide) groups is 1. The molecule has 1 fully saturated rings. The Morgan fingerprint density at radius 1 is 1.39 bits per heavy atom. The molecule has 18 heavy (non-hydrogen) atoms. The van der Waals surface area contributed by atoms with Crippen molar-refractivity contribution < 1.29 is 4.92 Å². The van der Waals surface area contributed by atoms with Gasteiger partial charge in [0.05, 0.1) is 4.92 Å². The molecule has 0 aromatic heterocycles. The van der Waals surface area contributed by atoms with Gasteiger partial charge in [0.25, 0.3) is 5.69 Å². The van der Waals surface area contributed by atoms with Crippen LogP contribution < -0.4 is 5.32 Å². The molecule has 0 radical (unpaired) electrons. The molecular formula is C13H18N2O2S. The number of nitro benzene ring substituents is 1. The zero-order chi connectivity index (χ0) is 12.8. The molecule has 1 heterocycles. The van der Waals surface area contributed by atoms with Gasteiger partial charge in [-0.15, -0.1) is 0 Å². The second-order valence-electron chi connectivity index (χ2n) is 4.51. The first-order chi connectivity index (χ1) is 8.75. The Kier molecular flexibility index (Phi) is 5.01. The predicted molar refractivity (Wildman–Crippen MR) is 75.2 cm³/mol. The van der Waals surface area contributed by atoms with Crippen molar-refractivity contribution in [3.63, 3.8) is 0 Å². The third-order valence-electron chi connectivity index (χ3n) is 3.13. The fourth-order valence-electron chi connectivity index (χ4n) is 2.09. The van der Waals surface area contributed by atoms with E-state index in [-0.39, 0.29) is 10.6 Å². The van der Waals surface area contributed by atoms with Crippen molar-refractivity contribution in [2.75, 3.05) is 18.8 Å². The van der Waals surface area contributed by atoms with Crippen LogP contribution in [0, 0.1) is 10.1 Å². The van der Waals surface area contributed by atoms with Crippen LogP contribution in [0.3, 0.4) is 0 Å². The van der Waals surface area contributed by atoms with Gasteiger partial charge in [-0.1, -0.05) is 12.1 Å². The number of benzene rings is 1. The molecule has 0 spiro atoms. The Bertz CT molecular complexity index is 388. The van der Waals surface area contributed by atoms with Crippen LogP contribution in [-0.2, 0) is 6.42 Å². The summed E-state index contributed by atoms with van der Waals surface area (Å²) in [5.41, 5.74) is 1.31. The molecule has 0 bridgehead atoms. The molecule has 2 rings (SSSR count). The van der Waals surface area contributed by atoms with E-state index in [1.807, 2.05) is 12.1 Å². The van der Waals surface area contributed by atoms with Crippen LogP contribution in [-0.4, -0.2) is 29.0 Å². The van der Waals surface area contributed by atoms with Crippen molar-refractivity contribution in [3.8, 4) is 0 Å². The summed E-state index contributed by atoms with van der Waals surface area (Å²) in [6.07, 6.45) is 3.60. The SMILES string of the molecule is O=[N+]([O-])c1ccc(CCNCC2CCCS2)cc1. The molecule has 0 saturated carbocycles. The summed E-state index contributed by atoms with van der Waals surface area (Å²) in [7, 11) is 0. The zero-order valence-corrected chi connectivity index (χ0v) is 11.1. The summed E-state index contributed by atoms with van der Waals surface area (Å²) in [5.74, 6) is 1.30. The Hall–Kier alpha value is -1.07. The highest BCUT2D eigenvalue weighted by Crippen LogP contribution is 2.25. The predicted octanol–water partition coefficient (Wildman–Crippen LogP) is 2.62. The molecule has 98 valence electrons. The number of nitro groups is 1. The second kappa shape index (κ2) is 6.75. The van der Waals surface area contributed by atoms with Crippen LogP contribution >= 0.6 is 11.8 Å². The van der Waals surface area contributed by atoms with E-state index in [0.717, 1.165) is 30.3 Å². The number of hydrogen-bond donors (Lipinski definition) is 1. The van der Waals surface area contributed by atoms with E-state index in [4.69, 9.17) is 0 Å². The summed E-state index contributed by atoms with van der Waals surface area (Å²) in [6.45, 7) is 2.02. The molecule has 1 unspecified atom stereocenters. The molecule has 1 atom stereocenters. The average Bonchev–Trinajstić information content (AvgIpc) is 2.88. The molecule has 1 saturated heterocycles. The zero-order valence-electron chi connectivity index (χ0n) is 10.3. The van der Waals surface area contributed by atoms with Crippen LogP contribution in [0.4, 0.5) is 5.69 Å². The average molecular weight is 266 g/mol. The van der Waals surface area contributed by atoms with Gasteiger partial charge < -0.3 is 5.32 Å². The first-order valence-electron chi connectivity index (χ1n) is 6.31. The van der Waals surface area contributed by atoms with Crippen molar-refractivity contribution in [1.29, 1.82) is 0 Å². The highest BCUT2D eigenvalue weighted by atomic mass is 32.2. The lowest BCUT2D eigenvalue weighted by molar-refractivity contribution is -0.384. The fourth-order valence-corrected chi connectivity index (χ4v) is 3.32. The van der Waals surface area contributed by atoms with Gasteiger partial charge in [0.1, 0.15) is 0 Å². The topological polar surface area (TPSA) is 55.2 Å². The van der Waals surface area contributed by atoms with Crippen LogP contribution in [0.5, 0.6) is 0 Å². The van der Waals surface area contributed by atoms with Crippen LogP contribution in [0.25, 0.3) is 0 Å².